The monoisotopic (exact) mass is 257 g/mol. The van der Waals surface area contributed by atoms with Crippen LogP contribution in [0.3, 0.4) is 0 Å². The topological polar surface area (TPSA) is 41.5 Å². The highest BCUT2D eigenvalue weighted by molar-refractivity contribution is 6.30. The molecule has 0 saturated heterocycles. The van der Waals surface area contributed by atoms with E-state index in [1.807, 2.05) is 12.1 Å². The maximum Gasteiger partial charge on any atom is 0.0914 e. The Balaban J connectivity index is 2.29. The van der Waals surface area contributed by atoms with Crippen LogP contribution in [0.5, 0.6) is 0 Å². The van der Waals surface area contributed by atoms with Crippen molar-refractivity contribution in [1.82, 2.24) is 5.32 Å². The second kappa shape index (κ2) is 7.67. The third-order valence-electron chi connectivity index (χ3n) is 2.54. The average Bonchev–Trinajstić information content (AvgIpc) is 2.30. The molecule has 0 bridgehead atoms. The smallest absolute Gasteiger partial charge is 0.0914 e. The number of aliphatic hydroxyl groups is 1. The Hall–Kier alpha value is -0.610. The summed E-state index contributed by atoms with van der Waals surface area (Å²) in [6.45, 7) is 4.20. The van der Waals surface area contributed by atoms with Gasteiger partial charge in [0, 0.05) is 31.8 Å². The van der Waals surface area contributed by atoms with Crippen LogP contribution in [0.15, 0.2) is 24.3 Å². The van der Waals surface area contributed by atoms with Gasteiger partial charge in [0.15, 0.2) is 0 Å². The van der Waals surface area contributed by atoms with E-state index >= 15 is 0 Å². The summed E-state index contributed by atoms with van der Waals surface area (Å²) < 4.78 is 5.04. The van der Waals surface area contributed by atoms with E-state index in [1.54, 1.807) is 19.2 Å². The number of nitrogens with one attached hydrogen (secondary N) is 1. The van der Waals surface area contributed by atoms with Gasteiger partial charge in [-0.1, -0.05) is 30.7 Å². The molecule has 0 heterocycles. The lowest BCUT2D eigenvalue weighted by Crippen LogP contribution is -2.28. The van der Waals surface area contributed by atoms with E-state index in [-0.39, 0.29) is 0 Å². The number of rotatable bonds is 7. The van der Waals surface area contributed by atoms with Crippen LogP contribution in [0.25, 0.3) is 0 Å². The van der Waals surface area contributed by atoms with Gasteiger partial charge in [0.05, 0.1) is 6.10 Å². The number of benzene rings is 1. The summed E-state index contributed by atoms with van der Waals surface area (Å²) in [5, 5.41) is 13.8. The lowest BCUT2D eigenvalue weighted by molar-refractivity contribution is 0.147. The Labute approximate surface area is 108 Å². The summed E-state index contributed by atoms with van der Waals surface area (Å²) in [5.41, 5.74) is 0.876. The molecule has 1 rings (SSSR count). The fourth-order valence-corrected chi connectivity index (χ4v) is 1.74. The Morgan fingerprint density at radius 2 is 1.94 bits per heavy atom. The molecule has 96 valence electrons. The molecule has 3 nitrogen and oxygen atoms in total. The van der Waals surface area contributed by atoms with Crippen molar-refractivity contribution >= 4 is 11.6 Å². The van der Waals surface area contributed by atoms with Crippen molar-refractivity contribution < 1.29 is 9.84 Å². The van der Waals surface area contributed by atoms with Crippen molar-refractivity contribution in [2.24, 2.45) is 5.92 Å². The lowest BCUT2D eigenvalue weighted by atomic mass is 10.1. The minimum atomic E-state index is -0.498. The number of halogens is 1. The highest BCUT2D eigenvalue weighted by Crippen LogP contribution is 2.15. The maximum absolute atomic E-state index is 9.92. The third-order valence-corrected chi connectivity index (χ3v) is 2.79. The second-order valence-electron chi connectivity index (χ2n) is 4.29. The van der Waals surface area contributed by atoms with Crippen LogP contribution >= 0.6 is 11.6 Å². The van der Waals surface area contributed by atoms with Crippen LogP contribution in [-0.4, -0.2) is 31.9 Å². The molecule has 0 fully saturated rings. The first-order chi connectivity index (χ1) is 8.13. The minimum absolute atomic E-state index is 0.442. The zero-order valence-electron chi connectivity index (χ0n) is 10.3. The first-order valence-electron chi connectivity index (χ1n) is 5.76. The van der Waals surface area contributed by atoms with Crippen LogP contribution in [0, 0.1) is 5.92 Å². The van der Waals surface area contributed by atoms with Crippen molar-refractivity contribution in [2.45, 2.75) is 13.0 Å². The summed E-state index contributed by atoms with van der Waals surface area (Å²) in [6, 6.07) is 7.25. The van der Waals surface area contributed by atoms with E-state index in [2.05, 4.69) is 12.2 Å². The van der Waals surface area contributed by atoms with Crippen LogP contribution in [0.2, 0.25) is 5.02 Å². The molecule has 2 atom stereocenters. The number of aliphatic hydroxyl groups excluding tert-OH is 1. The van der Waals surface area contributed by atoms with Gasteiger partial charge in [-0.25, -0.2) is 0 Å². The molecule has 0 aromatic heterocycles. The summed E-state index contributed by atoms with van der Waals surface area (Å²) in [7, 11) is 1.69. The van der Waals surface area contributed by atoms with E-state index < -0.39 is 6.10 Å². The maximum atomic E-state index is 9.92. The largest absolute Gasteiger partial charge is 0.387 e. The minimum Gasteiger partial charge on any atom is -0.387 e. The number of methoxy groups -OCH3 is 1. The van der Waals surface area contributed by atoms with Gasteiger partial charge < -0.3 is 15.2 Å². The number of hydrogen-bond acceptors (Lipinski definition) is 3. The van der Waals surface area contributed by atoms with E-state index in [0.717, 1.165) is 18.7 Å². The Morgan fingerprint density at radius 1 is 1.29 bits per heavy atom. The first kappa shape index (κ1) is 14.5. The van der Waals surface area contributed by atoms with Gasteiger partial charge in [0.25, 0.3) is 0 Å². The molecule has 0 aliphatic carbocycles. The molecule has 0 saturated carbocycles. The fraction of sp³-hybridized carbons (Fsp3) is 0.538. The summed E-state index contributed by atoms with van der Waals surface area (Å²) >= 11 is 5.79. The molecule has 0 aliphatic heterocycles. The standard InChI is InChI=1S/C13H20ClNO2/c1-10(9-17-2)7-15-8-13(16)11-3-5-12(14)6-4-11/h3-6,10,13,15-16H,7-9H2,1-2H3. The average molecular weight is 258 g/mol. The summed E-state index contributed by atoms with van der Waals surface area (Å²) in [5.74, 6) is 0.442. The highest BCUT2D eigenvalue weighted by atomic mass is 35.5. The number of hydrogen-bond donors (Lipinski definition) is 2. The molecule has 0 spiro atoms. The molecular formula is C13H20ClNO2. The van der Waals surface area contributed by atoms with Crippen LogP contribution < -0.4 is 5.32 Å². The van der Waals surface area contributed by atoms with Crippen LogP contribution in [0.4, 0.5) is 0 Å². The zero-order valence-corrected chi connectivity index (χ0v) is 11.1. The molecular weight excluding hydrogens is 238 g/mol. The zero-order chi connectivity index (χ0) is 12.7. The SMILES string of the molecule is COCC(C)CNCC(O)c1ccc(Cl)cc1. The Morgan fingerprint density at radius 3 is 2.53 bits per heavy atom. The van der Waals surface area contributed by atoms with Crippen LogP contribution in [-0.2, 0) is 4.74 Å². The molecule has 17 heavy (non-hydrogen) atoms. The highest BCUT2D eigenvalue weighted by Gasteiger charge is 2.07. The molecule has 4 heteroatoms. The van der Waals surface area contributed by atoms with E-state index in [0.29, 0.717) is 17.5 Å². The molecule has 0 radical (unpaired) electrons. The Kier molecular flexibility index (Phi) is 6.52. The van der Waals surface area contributed by atoms with E-state index in [4.69, 9.17) is 16.3 Å². The van der Waals surface area contributed by atoms with Crippen molar-refractivity contribution in [3.05, 3.63) is 34.9 Å². The summed E-state index contributed by atoms with van der Waals surface area (Å²) in [6.07, 6.45) is -0.498. The predicted molar refractivity (Wildman–Crippen MR) is 70.3 cm³/mol. The normalized spacial score (nSPS) is 14.6. The fourth-order valence-electron chi connectivity index (χ4n) is 1.61. The van der Waals surface area contributed by atoms with Gasteiger partial charge in [0.1, 0.15) is 0 Å². The van der Waals surface area contributed by atoms with Crippen LogP contribution in [0.1, 0.15) is 18.6 Å². The van der Waals surface area contributed by atoms with Gasteiger partial charge in [0.2, 0.25) is 0 Å². The molecule has 0 aliphatic rings. The van der Waals surface area contributed by atoms with Crippen molar-refractivity contribution in [3.8, 4) is 0 Å². The van der Waals surface area contributed by atoms with Gasteiger partial charge in [-0.2, -0.15) is 0 Å². The number of ether oxygens (including phenoxy) is 1. The quantitative estimate of drug-likeness (QED) is 0.787. The predicted octanol–water partition coefficient (Wildman–Crippen LogP) is 2.25. The van der Waals surface area contributed by atoms with Gasteiger partial charge in [-0.05, 0) is 23.6 Å². The van der Waals surface area contributed by atoms with E-state index in [9.17, 15) is 5.11 Å². The first-order valence-corrected chi connectivity index (χ1v) is 6.14. The van der Waals surface area contributed by atoms with Gasteiger partial charge in [-0.15, -0.1) is 0 Å². The second-order valence-corrected chi connectivity index (χ2v) is 4.72. The van der Waals surface area contributed by atoms with E-state index in [1.165, 1.54) is 0 Å². The van der Waals surface area contributed by atoms with Crippen molar-refractivity contribution in [2.75, 3.05) is 26.8 Å². The molecule has 1 aromatic rings. The van der Waals surface area contributed by atoms with Crippen molar-refractivity contribution in [1.29, 1.82) is 0 Å². The summed E-state index contributed by atoms with van der Waals surface area (Å²) in [4.78, 5) is 0. The molecule has 2 N–H and O–H groups in total. The molecule has 2 unspecified atom stereocenters. The molecule has 0 amide bonds. The third kappa shape index (κ3) is 5.50. The van der Waals surface area contributed by atoms with Crippen molar-refractivity contribution in [3.63, 3.8) is 0 Å². The Bertz CT molecular complexity index is 316. The van der Waals surface area contributed by atoms with Gasteiger partial charge in [-0.3, -0.25) is 0 Å². The lowest BCUT2D eigenvalue weighted by Gasteiger charge is -2.15. The van der Waals surface area contributed by atoms with Gasteiger partial charge >= 0.3 is 0 Å². The molecule has 1 aromatic carbocycles.